The lowest BCUT2D eigenvalue weighted by atomic mass is 10.1. The Morgan fingerprint density at radius 1 is 0.762 bits per heavy atom. The first kappa shape index (κ1) is 16.2. The standard InChI is InChI=1S/C14H17F5N2/c1-20-5-7-21(8-6-20)4-2-3-9-10(15)12(17)14(19)13(18)11(9)16/h2-8H2,1H3. The van der Waals surface area contributed by atoms with E-state index < -0.39 is 34.6 Å². The zero-order valence-corrected chi connectivity index (χ0v) is 11.7. The maximum atomic E-state index is 13.5. The van der Waals surface area contributed by atoms with Crippen molar-refractivity contribution in [2.24, 2.45) is 0 Å². The molecule has 1 aromatic rings. The van der Waals surface area contributed by atoms with Crippen molar-refractivity contribution in [2.45, 2.75) is 12.8 Å². The molecule has 0 spiro atoms. The van der Waals surface area contributed by atoms with E-state index in [1.54, 1.807) is 0 Å². The average Bonchev–Trinajstić information content (AvgIpc) is 2.48. The van der Waals surface area contributed by atoms with Crippen molar-refractivity contribution in [1.82, 2.24) is 9.80 Å². The molecule has 1 heterocycles. The lowest BCUT2D eigenvalue weighted by Gasteiger charge is -2.32. The molecule has 1 fully saturated rings. The predicted molar refractivity (Wildman–Crippen MR) is 68.5 cm³/mol. The van der Waals surface area contributed by atoms with E-state index in [0.717, 1.165) is 26.2 Å². The lowest BCUT2D eigenvalue weighted by molar-refractivity contribution is 0.152. The van der Waals surface area contributed by atoms with Gasteiger partial charge in [0.05, 0.1) is 0 Å². The van der Waals surface area contributed by atoms with Crippen LogP contribution in [0.4, 0.5) is 22.0 Å². The van der Waals surface area contributed by atoms with E-state index in [9.17, 15) is 22.0 Å². The Labute approximate surface area is 120 Å². The highest BCUT2D eigenvalue weighted by atomic mass is 19.2. The van der Waals surface area contributed by atoms with Crippen molar-refractivity contribution in [3.8, 4) is 0 Å². The van der Waals surface area contributed by atoms with Crippen molar-refractivity contribution in [1.29, 1.82) is 0 Å². The summed E-state index contributed by atoms with van der Waals surface area (Å²) in [5, 5.41) is 0. The van der Waals surface area contributed by atoms with E-state index >= 15 is 0 Å². The van der Waals surface area contributed by atoms with Gasteiger partial charge in [0.25, 0.3) is 0 Å². The molecule has 0 amide bonds. The van der Waals surface area contributed by atoms with Gasteiger partial charge in [-0.1, -0.05) is 0 Å². The third-order valence-corrected chi connectivity index (χ3v) is 3.80. The summed E-state index contributed by atoms with van der Waals surface area (Å²) in [5.74, 6) is -9.28. The number of hydrogen-bond acceptors (Lipinski definition) is 2. The molecule has 0 saturated carbocycles. The van der Waals surface area contributed by atoms with Crippen LogP contribution in [0.5, 0.6) is 0 Å². The highest BCUT2D eigenvalue weighted by Gasteiger charge is 2.25. The van der Waals surface area contributed by atoms with Crippen molar-refractivity contribution in [3.05, 3.63) is 34.6 Å². The van der Waals surface area contributed by atoms with E-state index in [0.29, 0.717) is 13.0 Å². The van der Waals surface area contributed by atoms with Gasteiger partial charge in [0.1, 0.15) is 0 Å². The summed E-state index contributed by atoms with van der Waals surface area (Å²) in [7, 11) is 2.01. The molecule has 118 valence electrons. The Hall–Kier alpha value is -1.21. The third-order valence-electron chi connectivity index (χ3n) is 3.80. The topological polar surface area (TPSA) is 6.48 Å². The average molecular weight is 308 g/mol. The third kappa shape index (κ3) is 3.52. The Morgan fingerprint density at radius 3 is 1.76 bits per heavy atom. The molecule has 0 atom stereocenters. The number of benzene rings is 1. The van der Waals surface area contributed by atoms with Crippen LogP contribution < -0.4 is 0 Å². The van der Waals surface area contributed by atoms with Gasteiger partial charge in [-0.15, -0.1) is 0 Å². The Kier molecular flexibility index (Phi) is 5.16. The summed E-state index contributed by atoms with van der Waals surface area (Å²) in [5.41, 5.74) is -0.722. The van der Waals surface area contributed by atoms with E-state index in [4.69, 9.17) is 0 Å². The molecule has 2 nitrogen and oxygen atoms in total. The minimum Gasteiger partial charge on any atom is -0.304 e. The van der Waals surface area contributed by atoms with Crippen LogP contribution >= 0.6 is 0 Å². The van der Waals surface area contributed by atoms with Gasteiger partial charge < -0.3 is 9.80 Å². The first-order chi connectivity index (χ1) is 9.91. The summed E-state index contributed by atoms with van der Waals surface area (Å²) < 4.78 is 66.0. The highest BCUT2D eigenvalue weighted by molar-refractivity contribution is 5.24. The Balaban J connectivity index is 1.97. The molecule has 1 aromatic carbocycles. The van der Waals surface area contributed by atoms with Crippen molar-refractivity contribution in [3.63, 3.8) is 0 Å². The van der Waals surface area contributed by atoms with Crippen LogP contribution in [0.2, 0.25) is 0 Å². The zero-order valence-electron chi connectivity index (χ0n) is 11.7. The smallest absolute Gasteiger partial charge is 0.200 e. The Bertz CT molecular complexity index is 484. The molecule has 0 radical (unpaired) electrons. The minimum atomic E-state index is -2.10. The van der Waals surface area contributed by atoms with Gasteiger partial charge in [-0.05, 0) is 26.4 Å². The summed E-state index contributed by atoms with van der Waals surface area (Å²) in [6.45, 7) is 4.07. The molecule has 0 aromatic heterocycles. The molecule has 0 unspecified atom stereocenters. The molecule has 1 saturated heterocycles. The second-order valence-electron chi connectivity index (χ2n) is 5.30. The monoisotopic (exact) mass is 308 g/mol. The second-order valence-corrected chi connectivity index (χ2v) is 5.30. The van der Waals surface area contributed by atoms with Crippen LogP contribution in [-0.4, -0.2) is 49.6 Å². The Morgan fingerprint density at radius 2 is 1.24 bits per heavy atom. The second kappa shape index (κ2) is 6.70. The van der Waals surface area contributed by atoms with Crippen LogP contribution in [0.15, 0.2) is 0 Å². The summed E-state index contributed by atoms with van der Waals surface area (Å²) in [6, 6.07) is 0. The van der Waals surface area contributed by atoms with Crippen LogP contribution in [-0.2, 0) is 6.42 Å². The number of piperazine rings is 1. The number of rotatable bonds is 4. The first-order valence-corrected chi connectivity index (χ1v) is 6.83. The normalized spacial score (nSPS) is 17.4. The maximum absolute atomic E-state index is 13.5. The fraction of sp³-hybridized carbons (Fsp3) is 0.571. The molecule has 21 heavy (non-hydrogen) atoms. The van der Waals surface area contributed by atoms with Crippen LogP contribution in [0.25, 0.3) is 0 Å². The summed E-state index contributed by atoms with van der Waals surface area (Å²) >= 11 is 0. The van der Waals surface area contributed by atoms with Gasteiger partial charge in [-0.3, -0.25) is 0 Å². The van der Waals surface area contributed by atoms with E-state index in [-0.39, 0.29) is 6.42 Å². The molecular formula is C14H17F5N2. The molecule has 0 bridgehead atoms. The maximum Gasteiger partial charge on any atom is 0.200 e. The van der Waals surface area contributed by atoms with Gasteiger partial charge in [0.2, 0.25) is 5.82 Å². The number of likely N-dealkylation sites (N-methyl/N-ethyl adjacent to an activating group) is 1. The molecular weight excluding hydrogens is 291 g/mol. The van der Waals surface area contributed by atoms with E-state index in [2.05, 4.69) is 9.80 Å². The summed E-state index contributed by atoms with van der Waals surface area (Å²) in [6.07, 6.45) is 0.181. The fourth-order valence-corrected chi connectivity index (χ4v) is 2.42. The number of halogens is 5. The largest absolute Gasteiger partial charge is 0.304 e. The first-order valence-electron chi connectivity index (χ1n) is 6.83. The molecule has 0 N–H and O–H groups in total. The quantitative estimate of drug-likeness (QED) is 0.479. The van der Waals surface area contributed by atoms with Crippen molar-refractivity contribution >= 4 is 0 Å². The van der Waals surface area contributed by atoms with Crippen LogP contribution in [0, 0.1) is 29.1 Å². The van der Waals surface area contributed by atoms with Crippen LogP contribution in [0.3, 0.4) is 0 Å². The molecule has 7 heteroatoms. The van der Waals surface area contributed by atoms with Gasteiger partial charge in [0, 0.05) is 31.7 Å². The molecule has 1 aliphatic rings. The SMILES string of the molecule is CN1CCN(CCCc2c(F)c(F)c(F)c(F)c2F)CC1. The molecule has 1 aliphatic heterocycles. The van der Waals surface area contributed by atoms with Crippen LogP contribution in [0.1, 0.15) is 12.0 Å². The van der Waals surface area contributed by atoms with Gasteiger partial charge >= 0.3 is 0 Å². The van der Waals surface area contributed by atoms with E-state index in [1.807, 2.05) is 7.05 Å². The summed E-state index contributed by atoms with van der Waals surface area (Å²) in [4.78, 5) is 4.28. The van der Waals surface area contributed by atoms with Crippen molar-refractivity contribution < 1.29 is 22.0 Å². The predicted octanol–water partition coefficient (Wildman–Crippen LogP) is 2.56. The van der Waals surface area contributed by atoms with Gasteiger partial charge in [0.15, 0.2) is 23.3 Å². The fourth-order valence-electron chi connectivity index (χ4n) is 2.42. The number of nitrogens with zero attached hydrogens (tertiary/aromatic N) is 2. The molecule has 2 rings (SSSR count). The minimum absolute atomic E-state index is 0.169. The van der Waals surface area contributed by atoms with Crippen molar-refractivity contribution in [2.75, 3.05) is 39.8 Å². The number of hydrogen-bond donors (Lipinski definition) is 0. The molecule has 0 aliphatic carbocycles. The highest BCUT2D eigenvalue weighted by Crippen LogP contribution is 2.24. The zero-order chi connectivity index (χ0) is 15.6. The van der Waals surface area contributed by atoms with Gasteiger partial charge in [-0.25, -0.2) is 22.0 Å². The lowest BCUT2D eigenvalue weighted by Crippen LogP contribution is -2.44. The van der Waals surface area contributed by atoms with Gasteiger partial charge in [-0.2, -0.15) is 0 Å². The van der Waals surface area contributed by atoms with E-state index in [1.165, 1.54) is 0 Å².